The molecule has 1 fully saturated rings. The Morgan fingerprint density at radius 2 is 1.72 bits per heavy atom. The van der Waals surface area contributed by atoms with Gasteiger partial charge in [-0.2, -0.15) is 0 Å². The Morgan fingerprint density at radius 1 is 1.03 bits per heavy atom. The Morgan fingerprint density at radius 3 is 2.42 bits per heavy atom. The number of nitrogens with zero attached hydrogens (tertiary/aromatic N) is 2. The van der Waals surface area contributed by atoms with Crippen molar-refractivity contribution in [3.8, 4) is 22.5 Å². The second-order valence-electron chi connectivity index (χ2n) is 9.03. The van der Waals surface area contributed by atoms with Gasteiger partial charge >= 0.3 is 6.03 Å². The van der Waals surface area contributed by atoms with Crippen molar-refractivity contribution in [2.24, 2.45) is 5.41 Å². The highest BCUT2D eigenvalue weighted by Gasteiger charge is 2.35. The number of nitrogens with one attached hydrogen (secondary N) is 3. The molecule has 5 rings (SSSR count). The number of aromatic nitrogens is 3. The van der Waals surface area contributed by atoms with Crippen molar-refractivity contribution in [1.82, 2.24) is 20.3 Å². The van der Waals surface area contributed by atoms with Gasteiger partial charge in [0.1, 0.15) is 5.82 Å². The number of H-pyrrole nitrogens is 1. The SMILES string of the molecule is CC1(CNC(=O)Nc2ccccc2)COC(c2nc(-c3ccc(F)cc3)c(-c3ccncc3)[nH]2)OC1. The third-order valence-electron chi connectivity index (χ3n) is 5.91. The summed E-state index contributed by atoms with van der Waals surface area (Å²) in [7, 11) is 0. The molecule has 2 aromatic carbocycles. The smallest absolute Gasteiger partial charge is 0.319 e. The summed E-state index contributed by atoms with van der Waals surface area (Å²) in [5, 5.41) is 5.69. The Balaban J connectivity index is 1.27. The summed E-state index contributed by atoms with van der Waals surface area (Å²) in [5.41, 5.74) is 3.38. The van der Waals surface area contributed by atoms with Crippen LogP contribution in [0.5, 0.6) is 0 Å². The molecule has 2 amide bonds. The summed E-state index contributed by atoms with van der Waals surface area (Å²) in [4.78, 5) is 24.4. The van der Waals surface area contributed by atoms with Gasteiger partial charge in [0.15, 0.2) is 5.82 Å². The van der Waals surface area contributed by atoms with Gasteiger partial charge in [-0.05, 0) is 48.5 Å². The van der Waals surface area contributed by atoms with Gasteiger partial charge in [-0.3, -0.25) is 4.98 Å². The first-order valence-corrected chi connectivity index (χ1v) is 11.6. The van der Waals surface area contributed by atoms with Crippen LogP contribution in [-0.4, -0.2) is 40.7 Å². The summed E-state index contributed by atoms with van der Waals surface area (Å²) in [6, 6.07) is 18.9. The van der Waals surface area contributed by atoms with E-state index < -0.39 is 11.7 Å². The quantitative estimate of drug-likeness (QED) is 0.349. The summed E-state index contributed by atoms with van der Waals surface area (Å²) >= 11 is 0. The van der Waals surface area contributed by atoms with Gasteiger partial charge in [0.05, 0.1) is 24.6 Å². The molecule has 8 nitrogen and oxygen atoms in total. The molecule has 0 atom stereocenters. The molecule has 2 aromatic heterocycles. The lowest BCUT2D eigenvalue weighted by Crippen LogP contribution is -2.46. The number of carbonyl (C=O) groups is 1. The van der Waals surface area contributed by atoms with E-state index in [1.165, 1.54) is 12.1 Å². The molecule has 1 saturated heterocycles. The molecule has 36 heavy (non-hydrogen) atoms. The number of halogens is 1. The number of urea groups is 1. The molecular formula is C27H26FN5O3. The molecule has 184 valence electrons. The van der Waals surface area contributed by atoms with Crippen molar-refractivity contribution in [3.63, 3.8) is 0 Å². The highest BCUT2D eigenvalue weighted by Crippen LogP contribution is 2.35. The number of anilines is 1. The molecule has 0 unspecified atom stereocenters. The summed E-state index contributed by atoms with van der Waals surface area (Å²) in [5.74, 6) is 0.197. The number of hydrogen-bond acceptors (Lipinski definition) is 5. The minimum absolute atomic E-state index is 0.290. The van der Waals surface area contributed by atoms with E-state index in [9.17, 15) is 9.18 Å². The predicted molar refractivity (Wildman–Crippen MR) is 133 cm³/mol. The van der Waals surface area contributed by atoms with E-state index in [2.05, 4.69) is 20.6 Å². The minimum Gasteiger partial charge on any atom is -0.345 e. The summed E-state index contributed by atoms with van der Waals surface area (Å²) < 4.78 is 25.6. The average molecular weight is 488 g/mol. The van der Waals surface area contributed by atoms with Crippen LogP contribution in [0.2, 0.25) is 0 Å². The topological polar surface area (TPSA) is 101 Å². The highest BCUT2D eigenvalue weighted by atomic mass is 19.1. The molecule has 0 saturated carbocycles. The van der Waals surface area contributed by atoms with Crippen molar-refractivity contribution in [2.75, 3.05) is 25.1 Å². The number of benzene rings is 2. The molecule has 0 bridgehead atoms. The molecule has 9 heteroatoms. The number of amides is 2. The third kappa shape index (κ3) is 5.42. The summed E-state index contributed by atoms with van der Waals surface area (Å²) in [6.07, 6.45) is 2.69. The molecule has 1 aliphatic heterocycles. The van der Waals surface area contributed by atoms with Crippen LogP contribution in [0, 0.1) is 11.2 Å². The van der Waals surface area contributed by atoms with Crippen LogP contribution in [0.3, 0.4) is 0 Å². The number of pyridine rings is 1. The first-order valence-electron chi connectivity index (χ1n) is 11.6. The number of para-hydroxylation sites is 1. The second kappa shape index (κ2) is 10.3. The predicted octanol–water partition coefficient (Wildman–Crippen LogP) is 5.15. The number of carbonyl (C=O) groups excluding carboxylic acids is 1. The number of imidazole rings is 1. The van der Waals surface area contributed by atoms with E-state index in [1.54, 1.807) is 24.5 Å². The molecular weight excluding hydrogens is 461 g/mol. The second-order valence-corrected chi connectivity index (χ2v) is 9.03. The Labute approximate surface area is 207 Å². The summed E-state index contributed by atoms with van der Waals surface area (Å²) in [6.45, 7) is 3.08. The maximum Gasteiger partial charge on any atom is 0.319 e. The first kappa shape index (κ1) is 23.7. The van der Waals surface area contributed by atoms with Crippen molar-refractivity contribution >= 4 is 11.7 Å². The van der Waals surface area contributed by atoms with Gasteiger partial charge in [-0.15, -0.1) is 0 Å². The highest BCUT2D eigenvalue weighted by molar-refractivity contribution is 5.89. The molecule has 1 aliphatic rings. The van der Waals surface area contributed by atoms with Crippen LogP contribution in [-0.2, 0) is 9.47 Å². The van der Waals surface area contributed by atoms with E-state index in [4.69, 9.17) is 14.5 Å². The Kier molecular flexibility index (Phi) is 6.75. The molecule has 4 aromatic rings. The van der Waals surface area contributed by atoms with Gasteiger partial charge in [0, 0.05) is 41.2 Å². The fraction of sp³-hybridized carbons (Fsp3) is 0.222. The van der Waals surface area contributed by atoms with Crippen LogP contribution >= 0.6 is 0 Å². The zero-order valence-electron chi connectivity index (χ0n) is 19.7. The van der Waals surface area contributed by atoms with Gasteiger partial charge in [-0.25, -0.2) is 14.2 Å². The van der Waals surface area contributed by atoms with E-state index >= 15 is 0 Å². The third-order valence-corrected chi connectivity index (χ3v) is 5.91. The van der Waals surface area contributed by atoms with Crippen molar-refractivity contribution < 1.29 is 18.7 Å². The fourth-order valence-electron chi connectivity index (χ4n) is 3.94. The van der Waals surface area contributed by atoms with Crippen LogP contribution in [0.4, 0.5) is 14.9 Å². The van der Waals surface area contributed by atoms with Crippen LogP contribution in [0.15, 0.2) is 79.1 Å². The van der Waals surface area contributed by atoms with Crippen molar-refractivity contribution in [2.45, 2.75) is 13.2 Å². The normalized spacial score (nSPS) is 19.6. The van der Waals surface area contributed by atoms with Gasteiger partial charge in [0.2, 0.25) is 6.29 Å². The number of rotatable bonds is 6. The monoisotopic (exact) mass is 487 g/mol. The van der Waals surface area contributed by atoms with Gasteiger partial charge in [0.25, 0.3) is 0 Å². The van der Waals surface area contributed by atoms with Gasteiger partial charge < -0.3 is 25.1 Å². The van der Waals surface area contributed by atoms with Crippen LogP contribution < -0.4 is 10.6 Å². The van der Waals surface area contributed by atoms with E-state index in [0.717, 1.165) is 22.5 Å². The van der Waals surface area contributed by atoms with Crippen LogP contribution in [0.1, 0.15) is 19.0 Å². The standard InChI is InChI=1S/C27H26FN5O3/c1-27(15-30-26(34)31-21-5-3-2-4-6-21)16-35-25(36-17-27)24-32-22(18-7-9-20(28)10-8-18)23(33-24)19-11-13-29-14-12-19/h2-14,25H,15-17H2,1H3,(H,32,33)(H2,30,31,34). The fourth-order valence-corrected chi connectivity index (χ4v) is 3.94. The average Bonchev–Trinajstić information content (AvgIpc) is 3.35. The number of ether oxygens (including phenoxy) is 2. The van der Waals surface area contributed by atoms with Crippen molar-refractivity contribution in [1.29, 1.82) is 0 Å². The maximum absolute atomic E-state index is 13.5. The molecule has 0 spiro atoms. The Bertz CT molecular complexity index is 1300. The van der Waals surface area contributed by atoms with Gasteiger partial charge in [-0.1, -0.05) is 25.1 Å². The molecule has 3 N–H and O–H groups in total. The molecule has 0 radical (unpaired) electrons. The molecule has 0 aliphatic carbocycles. The lowest BCUT2D eigenvalue weighted by atomic mass is 9.92. The first-order chi connectivity index (χ1) is 17.5. The largest absolute Gasteiger partial charge is 0.345 e. The zero-order valence-corrected chi connectivity index (χ0v) is 19.7. The zero-order chi connectivity index (χ0) is 25.0. The lowest BCUT2D eigenvalue weighted by Gasteiger charge is -2.36. The van der Waals surface area contributed by atoms with Crippen LogP contribution in [0.25, 0.3) is 22.5 Å². The van der Waals surface area contributed by atoms with E-state index in [0.29, 0.717) is 31.3 Å². The maximum atomic E-state index is 13.5. The minimum atomic E-state index is -0.703. The number of hydrogen-bond donors (Lipinski definition) is 3. The van der Waals surface area contributed by atoms with E-state index in [-0.39, 0.29) is 11.8 Å². The number of aromatic amines is 1. The Hall–Kier alpha value is -4.08. The van der Waals surface area contributed by atoms with Crippen molar-refractivity contribution in [3.05, 3.63) is 90.8 Å². The molecule has 3 heterocycles. The van der Waals surface area contributed by atoms with E-state index in [1.807, 2.05) is 49.4 Å². The lowest BCUT2D eigenvalue weighted by molar-refractivity contribution is -0.231.